The Labute approximate surface area is 137 Å². The van der Waals surface area contributed by atoms with E-state index in [1.54, 1.807) is 25.3 Å². The quantitative estimate of drug-likeness (QED) is 0.871. The van der Waals surface area contributed by atoms with Crippen LogP contribution < -0.4 is 10.1 Å². The minimum absolute atomic E-state index is 0.155. The fourth-order valence-electron chi connectivity index (χ4n) is 2.00. The van der Waals surface area contributed by atoms with Gasteiger partial charge in [0, 0.05) is 22.1 Å². The number of aryl methyl sites for hydroxylation is 1. The molecule has 0 spiro atoms. The molecule has 1 amide bonds. The lowest BCUT2D eigenvalue weighted by Crippen LogP contribution is -2.23. The predicted molar refractivity (Wildman–Crippen MR) is 88.1 cm³/mol. The highest BCUT2D eigenvalue weighted by atomic mass is 79.9. The monoisotopic (exact) mass is 367 g/mol. The van der Waals surface area contributed by atoms with Crippen molar-refractivity contribution in [3.8, 4) is 5.75 Å². The summed E-state index contributed by atoms with van der Waals surface area (Å²) in [5, 5.41) is 3.47. The SMILES string of the molecule is COc1cccc(C)c1CNC(=O)c1ccc(Cl)c(Br)c1. The van der Waals surface area contributed by atoms with Gasteiger partial charge in [-0.1, -0.05) is 23.7 Å². The zero-order valence-corrected chi connectivity index (χ0v) is 14.1. The highest BCUT2D eigenvalue weighted by Crippen LogP contribution is 2.24. The van der Waals surface area contributed by atoms with Crippen molar-refractivity contribution < 1.29 is 9.53 Å². The number of hydrogen-bond acceptors (Lipinski definition) is 2. The molecule has 3 nitrogen and oxygen atoms in total. The Hall–Kier alpha value is -1.52. The van der Waals surface area contributed by atoms with Crippen molar-refractivity contribution in [3.05, 3.63) is 62.6 Å². The second kappa shape index (κ2) is 6.96. The predicted octanol–water partition coefficient (Wildman–Crippen LogP) is 4.35. The summed E-state index contributed by atoms with van der Waals surface area (Å²) in [4.78, 5) is 12.2. The maximum absolute atomic E-state index is 12.2. The number of ether oxygens (including phenoxy) is 1. The molecule has 2 rings (SSSR count). The molecule has 1 N–H and O–H groups in total. The van der Waals surface area contributed by atoms with Gasteiger partial charge >= 0.3 is 0 Å². The van der Waals surface area contributed by atoms with Gasteiger partial charge in [-0.15, -0.1) is 0 Å². The molecule has 0 bridgehead atoms. The molecular formula is C16H15BrClNO2. The van der Waals surface area contributed by atoms with E-state index in [-0.39, 0.29) is 5.91 Å². The van der Waals surface area contributed by atoms with Crippen molar-refractivity contribution in [2.75, 3.05) is 7.11 Å². The van der Waals surface area contributed by atoms with Gasteiger partial charge in [0.25, 0.3) is 5.91 Å². The Kier molecular flexibility index (Phi) is 5.26. The maximum Gasteiger partial charge on any atom is 0.251 e. The Morgan fingerprint density at radius 2 is 2.10 bits per heavy atom. The van der Waals surface area contributed by atoms with E-state index in [9.17, 15) is 4.79 Å². The second-order valence-electron chi connectivity index (χ2n) is 4.57. The average Bonchev–Trinajstić information content (AvgIpc) is 2.48. The van der Waals surface area contributed by atoms with E-state index < -0.39 is 0 Å². The molecule has 0 unspecified atom stereocenters. The smallest absolute Gasteiger partial charge is 0.251 e. The van der Waals surface area contributed by atoms with Crippen LogP contribution in [-0.4, -0.2) is 13.0 Å². The van der Waals surface area contributed by atoms with E-state index in [4.69, 9.17) is 16.3 Å². The van der Waals surface area contributed by atoms with Gasteiger partial charge < -0.3 is 10.1 Å². The van der Waals surface area contributed by atoms with Crippen molar-refractivity contribution in [1.82, 2.24) is 5.32 Å². The number of halogens is 2. The molecule has 0 saturated carbocycles. The molecule has 21 heavy (non-hydrogen) atoms. The van der Waals surface area contributed by atoms with Crippen molar-refractivity contribution >= 4 is 33.4 Å². The lowest BCUT2D eigenvalue weighted by molar-refractivity contribution is 0.0950. The third kappa shape index (κ3) is 3.77. The van der Waals surface area contributed by atoms with E-state index >= 15 is 0 Å². The molecule has 0 atom stereocenters. The van der Waals surface area contributed by atoms with Gasteiger partial charge in [0.15, 0.2) is 0 Å². The molecule has 0 heterocycles. The number of benzene rings is 2. The second-order valence-corrected chi connectivity index (χ2v) is 5.83. The Bertz CT molecular complexity index is 673. The molecule has 0 fully saturated rings. The zero-order chi connectivity index (χ0) is 15.4. The maximum atomic E-state index is 12.2. The van der Waals surface area contributed by atoms with Gasteiger partial charge in [0.2, 0.25) is 0 Å². The van der Waals surface area contributed by atoms with E-state index in [1.165, 1.54) is 0 Å². The van der Waals surface area contributed by atoms with Crippen LogP contribution in [0.15, 0.2) is 40.9 Å². The summed E-state index contributed by atoms with van der Waals surface area (Å²) in [6.45, 7) is 2.40. The topological polar surface area (TPSA) is 38.3 Å². The largest absolute Gasteiger partial charge is 0.496 e. The lowest BCUT2D eigenvalue weighted by Gasteiger charge is -2.12. The molecular weight excluding hydrogens is 354 g/mol. The van der Waals surface area contributed by atoms with Crippen molar-refractivity contribution in [3.63, 3.8) is 0 Å². The van der Waals surface area contributed by atoms with Crippen molar-refractivity contribution in [2.45, 2.75) is 13.5 Å². The van der Waals surface area contributed by atoms with Crippen molar-refractivity contribution in [1.29, 1.82) is 0 Å². The van der Waals surface area contributed by atoms with Crippen LogP contribution in [0, 0.1) is 6.92 Å². The summed E-state index contributed by atoms with van der Waals surface area (Å²) in [5.41, 5.74) is 2.60. The molecule has 0 aromatic heterocycles. The number of amides is 1. The van der Waals surface area contributed by atoms with Gasteiger partial charge in [-0.25, -0.2) is 0 Å². The van der Waals surface area contributed by atoms with E-state index in [1.807, 2.05) is 25.1 Å². The normalized spacial score (nSPS) is 10.3. The Morgan fingerprint density at radius 3 is 2.76 bits per heavy atom. The summed E-state index contributed by atoms with van der Waals surface area (Å²) in [7, 11) is 1.62. The lowest BCUT2D eigenvalue weighted by atomic mass is 10.1. The standard InChI is InChI=1S/C16H15BrClNO2/c1-10-4-3-5-15(21-2)12(10)9-19-16(20)11-6-7-14(18)13(17)8-11/h3-8H,9H2,1-2H3,(H,19,20). The Balaban J connectivity index is 2.13. The van der Waals surface area contributed by atoms with E-state index in [0.717, 1.165) is 16.9 Å². The van der Waals surface area contributed by atoms with Crippen LogP contribution in [-0.2, 0) is 6.54 Å². The van der Waals surface area contributed by atoms with Crippen LogP contribution in [0.3, 0.4) is 0 Å². The molecule has 0 saturated heterocycles. The fraction of sp³-hybridized carbons (Fsp3) is 0.188. The zero-order valence-electron chi connectivity index (χ0n) is 11.7. The summed E-state index contributed by atoms with van der Waals surface area (Å²) in [6, 6.07) is 10.9. The molecule has 5 heteroatoms. The van der Waals surface area contributed by atoms with Gasteiger partial charge in [-0.05, 0) is 52.7 Å². The van der Waals surface area contributed by atoms with Crippen LogP contribution in [0.1, 0.15) is 21.5 Å². The number of carbonyl (C=O) groups is 1. The van der Waals surface area contributed by atoms with Crippen LogP contribution in [0.25, 0.3) is 0 Å². The van der Waals surface area contributed by atoms with Crippen LogP contribution in [0.5, 0.6) is 5.75 Å². The highest BCUT2D eigenvalue weighted by molar-refractivity contribution is 9.10. The number of hydrogen-bond donors (Lipinski definition) is 1. The number of carbonyl (C=O) groups excluding carboxylic acids is 1. The molecule has 2 aromatic rings. The summed E-state index contributed by atoms with van der Waals surface area (Å²) in [6.07, 6.45) is 0. The fourth-order valence-corrected chi connectivity index (χ4v) is 2.50. The van der Waals surface area contributed by atoms with Gasteiger partial charge in [-0.3, -0.25) is 4.79 Å². The molecule has 0 aliphatic heterocycles. The number of rotatable bonds is 4. The van der Waals surface area contributed by atoms with E-state index in [2.05, 4.69) is 21.2 Å². The van der Waals surface area contributed by atoms with Crippen molar-refractivity contribution in [2.24, 2.45) is 0 Å². The highest BCUT2D eigenvalue weighted by Gasteiger charge is 2.10. The first kappa shape index (κ1) is 15.9. The number of methoxy groups -OCH3 is 1. The summed E-state index contributed by atoms with van der Waals surface area (Å²) < 4.78 is 6.02. The third-order valence-corrected chi connectivity index (χ3v) is 4.41. The average molecular weight is 369 g/mol. The minimum atomic E-state index is -0.155. The first-order chi connectivity index (χ1) is 10.0. The first-order valence-electron chi connectivity index (χ1n) is 6.38. The van der Waals surface area contributed by atoms with Gasteiger partial charge in [-0.2, -0.15) is 0 Å². The Morgan fingerprint density at radius 1 is 1.33 bits per heavy atom. The molecule has 2 aromatic carbocycles. The third-order valence-electron chi connectivity index (χ3n) is 3.19. The first-order valence-corrected chi connectivity index (χ1v) is 7.55. The molecule has 0 radical (unpaired) electrons. The summed E-state index contributed by atoms with van der Waals surface area (Å²) >= 11 is 9.24. The van der Waals surface area contributed by atoms with Crippen LogP contribution in [0.4, 0.5) is 0 Å². The minimum Gasteiger partial charge on any atom is -0.496 e. The summed E-state index contributed by atoms with van der Waals surface area (Å²) in [5.74, 6) is 0.616. The van der Waals surface area contributed by atoms with Crippen LogP contribution in [0.2, 0.25) is 5.02 Å². The van der Waals surface area contributed by atoms with Gasteiger partial charge in [0.1, 0.15) is 5.75 Å². The van der Waals surface area contributed by atoms with Crippen LogP contribution >= 0.6 is 27.5 Å². The van der Waals surface area contributed by atoms with Gasteiger partial charge in [0.05, 0.1) is 12.1 Å². The van der Waals surface area contributed by atoms with E-state index in [0.29, 0.717) is 21.6 Å². The molecule has 0 aliphatic carbocycles. The number of nitrogens with one attached hydrogen (secondary N) is 1. The molecule has 110 valence electrons. The molecule has 0 aliphatic rings.